The maximum absolute atomic E-state index is 11.9. The molecule has 0 aromatic carbocycles. The number of alkyl halides is 3. The van der Waals surface area contributed by atoms with Crippen molar-refractivity contribution in [2.75, 3.05) is 13.2 Å². The predicted octanol–water partition coefficient (Wildman–Crippen LogP) is 2.23. The van der Waals surface area contributed by atoms with Crippen LogP contribution in [0.1, 0.15) is 19.8 Å². The third-order valence-corrected chi connectivity index (χ3v) is 6.44. The zero-order valence-electron chi connectivity index (χ0n) is 9.18. The Morgan fingerprint density at radius 3 is 2.38 bits per heavy atom. The Labute approximate surface area is 103 Å². The van der Waals surface area contributed by atoms with Gasteiger partial charge in [0.1, 0.15) is 0 Å². The average molecular weight is 440 g/mol. The fourth-order valence-electron chi connectivity index (χ4n) is 0.655. The quantitative estimate of drug-likeness (QED) is 0.430. The van der Waals surface area contributed by atoms with Gasteiger partial charge in [0.15, 0.2) is 0 Å². The first kappa shape index (κ1) is 18.7. The van der Waals surface area contributed by atoms with Crippen molar-refractivity contribution in [2.45, 2.75) is 30.0 Å². The first-order chi connectivity index (χ1) is 6.99. The van der Waals surface area contributed by atoms with Gasteiger partial charge in [-0.25, -0.2) is 0 Å². The molecule has 0 aliphatic heterocycles. The summed E-state index contributed by atoms with van der Waals surface area (Å²) in [5, 5.41) is 0. The fourth-order valence-corrected chi connectivity index (χ4v) is 4.63. The SMILES string of the molecule is C=C[CH2][Po]([O]CCCC)[O]CC(F)(F)F.O. The smallest absolute Gasteiger partial charge is 0.412 e. The van der Waals surface area contributed by atoms with E-state index in [1.807, 2.05) is 6.92 Å². The molecule has 3 nitrogen and oxygen atoms in total. The maximum atomic E-state index is 11.9. The number of unbranched alkanes of at least 4 members (excludes halogenated alkanes) is 1. The molecule has 0 saturated carbocycles. The Bertz CT molecular complexity index is 176. The summed E-state index contributed by atoms with van der Waals surface area (Å²) < 4.78 is 46.2. The normalized spacial score (nSPS) is 11.3. The molecule has 0 bridgehead atoms. The van der Waals surface area contributed by atoms with Gasteiger partial charge < -0.3 is 5.48 Å². The molecule has 2 N–H and O–H groups in total. The molecule has 0 saturated heterocycles. The van der Waals surface area contributed by atoms with E-state index in [-0.39, 0.29) is 5.48 Å². The first-order valence-electron chi connectivity index (χ1n) is 4.64. The molecule has 0 heterocycles. The molecule has 0 aliphatic rings. The first-order valence-corrected chi connectivity index (χ1v) is 9.48. The van der Waals surface area contributed by atoms with Crippen molar-refractivity contribution in [3.8, 4) is 0 Å². The van der Waals surface area contributed by atoms with Crippen LogP contribution in [0.4, 0.5) is 13.2 Å². The van der Waals surface area contributed by atoms with Crippen LogP contribution >= 0.6 is 0 Å². The van der Waals surface area contributed by atoms with Gasteiger partial charge in [-0.2, -0.15) is 0 Å². The van der Waals surface area contributed by atoms with E-state index in [4.69, 9.17) is 5.54 Å². The van der Waals surface area contributed by atoms with E-state index in [0.29, 0.717) is 10.7 Å². The van der Waals surface area contributed by atoms with Crippen LogP contribution in [-0.2, 0) is 5.54 Å². The average Bonchev–Trinajstić information content (AvgIpc) is 2.13. The largest absolute Gasteiger partial charge is 0.412 e. The van der Waals surface area contributed by atoms with Crippen molar-refractivity contribution in [3.05, 3.63) is 12.7 Å². The van der Waals surface area contributed by atoms with E-state index in [1.54, 1.807) is 6.08 Å². The van der Waals surface area contributed by atoms with Gasteiger partial charge in [0.25, 0.3) is 0 Å². The van der Waals surface area contributed by atoms with Crippen molar-refractivity contribution in [1.82, 2.24) is 0 Å². The van der Waals surface area contributed by atoms with Crippen LogP contribution in [0.5, 0.6) is 0 Å². The monoisotopic (exact) mass is 440 g/mol. The van der Waals surface area contributed by atoms with Gasteiger partial charge in [-0.1, -0.05) is 0 Å². The van der Waals surface area contributed by atoms with Crippen LogP contribution < -0.4 is 0 Å². The Morgan fingerprint density at radius 2 is 1.94 bits per heavy atom. The summed E-state index contributed by atoms with van der Waals surface area (Å²) in [5.74, 6) is 0. The zero-order valence-corrected chi connectivity index (χ0v) is 12.4. The topological polar surface area (TPSA) is 50.0 Å². The molecular formula is C9H18F3O3Po. The summed E-state index contributed by atoms with van der Waals surface area (Å²) in [6.07, 6.45) is -0.879. The third-order valence-electron chi connectivity index (χ3n) is 1.32. The standard InChI is InChI=1S/C4H9O.C3H5.C2H2F3O.H2O.Po/c1-2-3-4-5;1-3-2;3-2(4,5)1-6;;/h2-4H2,1H3;3H,1-2H2;1H2;1H2;/q-1;;-1;;+2. The number of hydrogen-bond acceptors (Lipinski definition) is 2. The molecule has 0 spiro atoms. The van der Waals surface area contributed by atoms with Crippen molar-refractivity contribution in [2.24, 2.45) is 0 Å². The van der Waals surface area contributed by atoms with Gasteiger partial charge in [-0.05, 0) is 0 Å². The van der Waals surface area contributed by atoms with Crippen LogP contribution in [0, 0.1) is 0 Å². The minimum atomic E-state index is -4.26. The van der Waals surface area contributed by atoms with Crippen molar-refractivity contribution in [3.63, 3.8) is 0 Å². The molecule has 0 fully saturated rings. The van der Waals surface area contributed by atoms with Gasteiger partial charge in [0.2, 0.25) is 0 Å². The molecule has 0 aromatic heterocycles. The van der Waals surface area contributed by atoms with Crippen molar-refractivity contribution in [1.29, 1.82) is 0 Å². The zero-order chi connectivity index (χ0) is 11.7. The van der Waals surface area contributed by atoms with Crippen LogP contribution in [-0.4, -0.2) is 47.8 Å². The molecule has 99 valence electrons. The van der Waals surface area contributed by atoms with Gasteiger partial charge in [-0.15, -0.1) is 0 Å². The third kappa shape index (κ3) is 12.4. The van der Waals surface area contributed by atoms with E-state index >= 15 is 0 Å². The Hall–Kier alpha value is 0.306. The van der Waals surface area contributed by atoms with E-state index in [0.717, 1.165) is 12.8 Å². The minimum absolute atomic E-state index is 0. The molecule has 0 aromatic rings. The van der Waals surface area contributed by atoms with Gasteiger partial charge >= 0.3 is 97.6 Å². The van der Waals surface area contributed by atoms with E-state index < -0.39 is 35.7 Å². The van der Waals surface area contributed by atoms with Crippen LogP contribution in [0.2, 0.25) is 4.08 Å². The van der Waals surface area contributed by atoms with Gasteiger partial charge in [-0.3, -0.25) is 0 Å². The van der Waals surface area contributed by atoms with Gasteiger partial charge in [0, 0.05) is 0 Å². The maximum Gasteiger partial charge on any atom is -0.412 e. The number of rotatable bonds is 8. The number of hydrogen-bond donors (Lipinski definition) is 0. The summed E-state index contributed by atoms with van der Waals surface area (Å²) in [5.41, 5.74) is 0. The molecule has 0 unspecified atom stereocenters. The van der Waals surface area contributed by atoms with E-state index in [1.165, 1.54) is 0 Å². The molecular weight excluding hydrogens is 422 g/mol. The Morgan fingerprint density at radius 1 is 1.31 bits per heavy atom. The minimum Gasteiger partial charge on any atom is -0.412 e. The summed E-state index contributed by atoms with van der Waals surface area (Å²) in [6.45, 7) is 4.78. The number of halogens is 3. The second-order valence-corrected chi connectivity index (χ2v) is 8.30. The molecule has 1 radical (unpaired) electrons. The molecule has 0 atom stereocenters. The summed E-state index contributed by atoms with van der Waals surface area (Å²) in [6, 6.07) is 0. The Kier molecular flexibility index (Phi) is 12.2. The predicted molar refractivity (Wildman–Crippen MR) is 57.2 cm³/mol. The van der Waals surface area contributed by atoms with Gasteiger partial charge in [0.05, 0.1) is 0 Å². The van der Waals surface area contributed by atoms with Crippen LogP contribution in [0.15, 0.2) is 12.7 Å². The second kappa shape index (κ2) is 10.5. The van der Waals surface area contributed by atoms with Crippen LogP contribution in [0.3, 0.4) is 0 Å². The van der Waals surface area contributed by atoms with Crippen LogP contribution in [0.25, 0.3) is 0 Å². The second-order valence-electron chi connectivity index (χ2n) is 2.81. The molecule has 7 heteroatoms. The molecule has 0 aliphatic carbocycles. The Balaban J connectivity index is 0. The van der Waals surface area contributed by atoms with Crippen molar-refractivity contribution >= 4 is 23.0 Å². The summed E-state index contributed by atoms with van der Waals surface area (Å²) in [4.78, 5) is 0. The van der Waals surface area contributed by atoms with E-state index in [2.05, 4.69) is 6.58 Å². The summed E-state index contributed by atoms with van der Waals surface area (Å²) in [7, 11) is 0. The molecule has 16 heavy (non-hydrogen) atoms. The fraction of sp³-hybridized carbons (Fsp3) is 0.778. The number of allylic oxidation sites excluding steroid dienone is 1. The summed E-state index contributed by atoms with van der Waals surface area (Å²) >= 11 is -2.75. The van der Waals surface area contributed by atoms with Crippen molar-refractivity contribution < 1.29 is 24.2 Å². The van der Waals surface area contributed by atoms with E-state index in [9.17, 15) is 13.2 Å². The molecule has 0 amide bonds. The molecule has 0 rings (SSSR count).